The molecule has 33 heavy (non-hydrogen) atoms. The van der Waals surface area contributed by atoms with Gasteiger partial charge >= 0.3 is 5.97 Å². The van der Waals surface area contributed by atoms with Gasteiger partial charge in [0.1, 0.15) is 35.2 Å². The van der Waals surface area contributed by atoms with Crippen molar-refractivity contribution in [1.82, 2.24) is 14.6 Å². The van der Waals surface area contributed by atoms with Crippen molar-refractivity contribution in [3.05, 3.63) is 63.5 Å². The second-order valence-corrected chi connectivity index (χ2v) is 7.69. The van der Waals surface area contributed by atoms with E-state index in [9.17, 15) is 13.6 Å². The lowest BCUT2D eigenvalue weighted by atomic mass is 9.96. The molecule has 1 aliphatic rings. The number of hydrogen-bond donors (Lipinski definition) is 1. The largest absolute Gasteiger partial charge is 0.483 e. The molecule has 2 aromatic heterocycles. The topological polar surface area (TPSA) is 127 Å². The lowest BCUT2D eigenvalue weighted by molar-refractivity contribution is 0.0528. The zero-order chi connectivity index (χ0) is 23.6. The molecule has 4 rings (SSSR count). The monoisotopic (exact) mass is 457 g/mol. The average molecular weight is 457 g/mol. The molecule has 1 aliphatic heterocycles. The van der Waals surface area contributed by atoms with Crippen molar-refractivity contribution in [3.63, 3.8) is 0 Å². The van der Waals surface area contributed by atoms with Crippen LogP contribution in [0.5, 0.6) is 5.75 Å². The molecule has 0 fully saturated rings. The summed E-state index contributed by atoms with van der Waals surface area (Å²) in [5.74, 6) is -0.282. The fourth-order valence-corrected chi connectivity index (χ4v) is 3.82. The fraction of sp³-hybridized carbons (Fsp3) is 0.381. The minimum Gasteiger partial charge on any atom is -0.483 e. The van der Waals surface area contributed by atoms with Gasteiger partial charge in [-0.15, -0.1) is 0 Å². The normalized spacial score (nSPS) is 17.7. The van der Waals surface area contributed by atoms with E-state index in [1.807, 2.05) is 0 Å². The van der Waals surface area contributed by atoms with Gasteiger partial charge < -0.3 is 14.8 Å². The summed E-state index contributed by atoms with van der Waals surface area (Å²) < 4.78 is 40.6. The SMILES string of the molecule is CCOC(=O)c1cnn2ccc(N[C@H](C)c3cc(F)cc4c3OC(CF)(CN=[N+]=[N-])C4)nc12. The molecule has 10 nitrogen and oxygen atoms in total. The van der Waals surface area contributed by atoms with Gasteiger partial charge in [-0.05, 0) is 37.6 Å². The van der Waals surface area contributed by atoms with Crippen LogP contribution >= 0.6 is 0 Å². The Morgan fingerprint density at radius 3 is 3.06 bits per heavy atom. The van der Waals surface area contributed by atoms with Gasteiger partial charge in [0.05, 0.1) is 25.4 Å². The Bertz CT molecular complexity index is 1260. The third-order valence-electron chi connectivity index (χ3n) is 5.35. The molecule has 0 aliphatic carbocycles. The number of carbonyl (C=O) groups is 1. The second-order valence-electron chi connectivity index (χ2n) is 7.69. The minimum absolute atomic E-state index is 0.0816. The third kappa shape index (κ3) is 4.24. The number of aromatic nitrogens is 3. The van der Waals surface area contributed by atoms with Gasteiger partial charge in [-0.25, -0.2) is 23.1 Å². The zero-order valence-electron chi connectivity index (χ0n) is 18.0. The van der Waals surface area contributed by atoms with Crippen LogP contribution in [0, 0.1) is 5.82 Å². The van der Waals surface area contributed by atoms with Crippen molar-refractivity contribution < 1.29 is 23.0 Å². The number of nitrogens with one attached hydrogen (secondary N) is 1. The van der Waals surface area contributed by atoms with Crippen LogP contribution in [0.15, 0.2) is 35.7 Å². The summed E-state index contributed by atoms with van der Waals surface area (Å²) in [5, 5.41) is 10.7. The Balaban J connectivity index is 1.63. The number of ether oxygens (including phenoxy) is 2. The molecule has 0 bridgehead atoms. The molecule has 0 spiro atoms. The molecule has 2 atom stereocenters. The molecular formula is C21H21F2N7O3. The van der Waals surface area contributed by atoms with E-state index in [1.54, 1.807) is 26.1 Å². The summed E-state index contributed by atoms with van der Waals surface area (Å²) >= 11 is 0. The number of alkyl halides is 1. The van der Waals surface area contributed by atoms with Crippen LogP contribution in [-0.2, 0) is 11.2 Å². The highest BCUT2D eigenvalue weighted by molar-refractivity contribution is 5.95. The summed E-state index contributed by atoms with van der Waals surface area (Å²) in [6.45, 7) is 2.59. The van der Waals surface area contributed by atoms with E-state index in [1.165, 1.54) is 22.8 Å². The Kier molecular flexibility index (Phi) is 6.01. The molecule has 1 aromatic carbocycles. The molecule has 1 unspecified atom stereocenters. The molecule has 1 N–H and O–H groups in total. The van der Waals surface area contributed by atoms with Crippen molar-refractivity contribution in [2.24, 2.45) is 5.11 Å². The number of halogens is 2. The van der Waals surface area contributed by atoms with Crippen molar-refractivity contribution in [2.45, 2.75) is 31.9 Å². The Labute approximate surface area is 187 Å². The number of anilines is 1. The van der Waals surface area contributed by atoms with E-state index >= 15 is 0 Å². The van der Waals surface area contributed by atoms with Crippen LogP contribution in [0.25, 0.3) is 16.1 Å². The van der Waals surface area contributed by atoms with E-state index in [0.29, 0.717) is 28.3 Å². The molecule has 172 valence electrons. The standard InChI is InChI=1S/C21H21F2N7O3/c1-3-32-20(31)16-9-26-30-5-4-17(28-19(16)30)27-12(2)15-7-14(23)6-13-8-21(10-22,11-25-29-24)33-18(13)15/h4-7,9,12H,3,8,10-11H2,1-2H3,(H,27,28)/t12-,21?/m1/s1. The van der Waals surface area contributed by atoms with Crippen LogP contribution in [0.3, 0.4) is 0 Å². The van der Waals surface area contributed by atoms with Gasteiger partial charge in [-0.2, -0.15) is 5.10 Å². The molecule has 0 saturated carbocycles. The smallest absolute Gasteiger partial charge is 0.343 e. The first-order chi connectivity index (χ1) is 15.9. The van der Waals surface area contributed by atoms with Crippen LogP contribution in [-0.4, -0.2) is 46.0 Å². The number of esters is 1. The molecule has 0 saturated heterocycles. The number of azide groups is 1. The summed E-state index contributed by atoms with van der Waals surface area (Å²) in [5.41, 5.74) is 8.73. The lowest BCUT2D eigenvalue weighted by Crippen LogP contribution is -2.40. The van der Waals surface area contributed by atoms with Gasteiger partial charge in [0, 0.05) is 28.7 Å². The quantitative estimate of drug-likeness (QED) is 0.234. The molecular weight excluding hydrogens is 436 g/mol. The van der Waals surface area contributed by atoms with Gasteiger partial charge in [-0.3, -0.25) is 0 Å². The molecule has 3 aromatic rings. The first-order valence-electron chi connectivity index (χ1n) is 10.3. The Morgan fingerprint density at radius 1 is 1.52 bits per heavy atom. The first-order valence-corrected chi connectivity index (χ1v) is 10.3. The predicted molar refractivity (Wildman–Crippen MR) is 114 cm³/mol. The van der Waals surface area contributed by atoms with Gasteiger partial charge in [0.15, 0.2) is 5.65 Å². The van der Waals surface area contributed by atoms with E-state index in [-0.39, 0.29) is 25.1 Å². The molecule has 3 heterocycles. The van der Waals surface area contributed by atoms with E-state index in [2.05, 4.69) is 25.4 Å². The Morgan fingerprint density at radius 2 is 2.33 bits per heavy atom. The van der Waals surface area contributed by atoms with E-state index in [4.69, 9.17) is 15.0 Å². The van der Waals surface area contributed by atoms with Gasteiger partial charge in [0.25, 0.3) is 0 Å². The lowest BCUT2D eigenvalue weighted by Gasteiger charge is -2.25. The summed E-state index contributed by atoms with van der Waals surface area (Å²) in [4.78, 5) is 19.3. The number of nitrogens with zero attached hydrogens (tertiary/aromatic N) is 6. The average Bonchev–Trinajstić information content (AvgIpc) is 3.38. The number of fused-ring (bicyclic) bond motifs is 2. The predicted octanol–water partition coefficient (Wildman–Crippen LogP) is 4.17. The van der Waals surface area contributed by atoms with E-state index in [0.717, 1.165) is 0 Å². The number of carbonyl (C=O) groups excluding carboxylic acids is 1. The van der Waals surface area contributed by atoms with Crippen LogP contribution < -0.4 is 10.1 Å². The highest BCUT2D eigenvalue weighted by Gasteiger charge is 2.41. The highest BCUT2D eigenvalue weighted by atomic mass is 19.1. The summed E-state index contributed by atoms with van der Waals surface area (Å²) in [6, 6.07) is 3.76. The first kappa shape index (κ1) is 22.3. The van der Waals surface area contributed by atoms with Gasteiger partial charge in [0.2, 0.25) is 0 Å². The van der Waals surface area contributed by atoms with Crippen LogP contribution in [0.4, 0.5) is 14.6 Å². The highest BCUT2D eigenvalue weighted by Crippen LogP contribution is 2.42. The Hall–Kier alpha value is -3.92. The summed E-state index contributed by atoms with van der Waals surface area (Å²) in [6.07, 6.45) is 3.08. The van der Waals surface area contributed by atoms with Gasteiger partial charge in [-0.1, -0.05) is 5.11 Å². The fourth-order valence-electron chi connectivity index (χ4n) is 3.82. The summed E-state index contributed by atoms with van der Waals surface area (Å²) in [7, 11) is 0. The van der Waals surface area contributed by atoms with Crippen molar-refractivity contribution in [2.75, 3.05) is 25.1 Å². The number of benzene rings is 1. The third-order valence-corrected chi connectivity index (χ3v) is 5.35. The minimum atomic E-state index is -1.36. The van der Waals surface area contributed by atoms with Crippen LogP contribution in [0.2, 0.25) is 0 Å². The molecule has 12 heteroatoms. The number of hydrogen-bond acceptors (Lipinski definition) is 7. The molecule has 0 radical (unpaired) electrons. The van der Waals surface area contributed by atoms with Crippen molar-refractivity contribution >= 4 is 17.4 Å². The van der Waals surface area contributed by atoms with Crippen molar-refractivity contribution in [1.29, 1.82) is 0 Å². The van der Waals surface area contributed by atoms with E-state index < -0.39 is 30.1 Å². The second kappa shape index (κ2) is 8.91. The number of rotatable bonds is 8. The maximum Gasteiger partial charge on any atom is 0.343 e. The maximum absolute atomic E-state index is 14.4. The zero-order valence-corrected chi connectivity index (χ0v) is 18.0. The molecule has 0 amide bonds. The van der Waals surface area contributed by atoms with Crippen molar-refractivity contribution in [3.8, 4) is 5.75 Å². The maximum atomic E-state index is 14.4. The van der Waals surface area contributed by atoms with Crippen LogP contribution in [0.1, 0.15) is 41.4 Å².